The van der Waals surface area contributed by atoms with Crippen molar-refractivity contribution < 1.29 is 13.2 Å². The fourth-order valence-corrected chi connectivity index (χ4v) is 3.45. The van der Waals surface area contributed by atoms with Gasteiger partial charge in [-0.2, -0.15) is 0 Å². The summed E-state index contributed by atoms with van der Waals surface area (Å²) in [6.07, 6.45) is 7.33. The summed E-state index contributed by atoms with van der Waals surface area (Å²) in [4.78, 5) is 3.96. The van der Waals surface area contributed by atoms with Gasteiger partial charge in [0.1, 0.15) is 4.90 Å². The zero-order chi connectivity index (χ0) is 15.5. The van der Waals surface area contributed by atoms with Crippen molar-refractivity contribution in [1.29, 1.82) is 0 Å². The Morgan fingerprint density at radius 1 is 1.43 bits per heavy atom. The molecule has 1 aliphatic rings. The smallest absolute Gasteiger partial charge is 0.239 e. The summed E-state index contributed by atoms with van der Waals surface area (Å²) in [6.45, 7) is 5.28. The number of pyridine rings is 1. The van der Waals surface area contributed by atoms with Crippen LogP contribution in [0.15, 0.2) is 23.2 Å². The van der Waals surface area contributed by atoms with E-state index < -0.39 is 10.0 Å². The van der Waals surface area contributed by atoms with Crippen molar-refractivity contribution in [3.63, 3.8) is 0 Å². The lowest BCUT2D eigenvalue weighted by atomic mass is 9.89. The Labute approximate surface area is 127 Å². The van der Waals surface area contributed by atoms with E-state index in [-0.39, 0.29) is 4.90 Å². The van der Waals surface area contributed by atoms with Gasteiger partial charge in [0.05, 0.1) is 12.8 Å². The average molecular weight is 312 g/mol. The third-order valence-electron chi connectivity index (χ3n) is 4.12. The van der Waals surface area contributed by atoms with E-state index in [1.165, 1.54) is 37.9 Å². The number of rotatable bonds is 6. The molecule has 0 amide bonds. The SMILES string of the molecule is CC1(C)CCC(CCCOc2ccc(S(N)(=O)=O)cn2)C1. The van der Waals surface area contributed by atoms with Gasteiger partial charge in [-0.05, 0) is 49.5 Å². The number of primary sulfonamides is 1. The summed E-state index contributed by atoms with van der Waals surface area (Å²) < 4.78 is 27.7. The van der Waals surface area contributed by atoms with Gasteiger partial charge in [-0.1, -0.05) is 13.8 Å². The Morgan fingerprint density at radius 2 is 2.19 bits per heavy atom. The number of hydrogen-bond acceptors (Lipinski definition) is 4. The topological polar surface area (TPSA) is 82.3 Å². The minimum atomic E-state index is -3.68. The molecule has 0 radical (unpaired) electrons. The van der Waals surface area contributed by atoms with E-state index in [2.05, 4.69) is 18.8 Å². The summed E-state index contributed by atoms with van der Waals surface area (Å²) in [6, 6.07) is 2.95. The average Bonchev–Trinajstić information content (AvgIpc) is 2.74. The van der Waals surface area contributed by atoms with Crippen LogP contribution in [0, 0.1) is 11.3 Å². The van der Waals surface area contributed by atoms with E-state index in [0.29, 0.717) is 17.9 Å². The van der Waals surface area contributed by atoms with Crippen molar-refractivity contribution in [3.8, 4) is 5.88 Å². The van der Waals surface area contributed by atoms with E-state index in [1.807, 2.05) is 0 Å². The van der Waals surface area contributed by atoms with Crippen LogP contribution in [-0.4, -0.2) is 20.0 Å². The Hall–Kier alpha value is -1.14. The molecule has 5 nitrogen and oxygen atoms in total. The maximum atomic E-state index is 11.1. The molecule has 1 unspecified atom stereocenters. The second-order valence-electron chi connectivity index (χ2n) is 6.64. The van der Waals surface area contributed by atoms with E-state index in [0.717, 1.165) is 12.3 Å². The molecule has 21 heavy (non-hydrogen) atoms. The fourth-order valence-electron chi connectivity index (χ4n) is 3.00. The third kappa shape index (κ3) is 4.97. The molecule has 6 heteroatoms. The molecular weight excluding hydrogens is 288 g/mol. The highest BCUT2D eigenvalue weighted by Crippen LogP contribution is 2.42. The largest absolute Gasteiger partial charge is 0.478 e. The molecule has 118 valence electrons. The maximum absolute atomic E-state index is 11.1. The predicted molar refractivity (Wildman–Crippen MR) is 81.5 cm³/mol. The lowest BCUT2D eigenvalue weighted by Gasteiger charge is -2.17. The zero-order valence-electron chi connectivity index (χ0n) is 12.7. The Balaban J connectivity index is 1.72. The van der Waals surface area contributed by atoms with Crippen molar-refractivity contribution in [2.75, 3.05) is 6.61 Å². The molecule has 1 heterocycles. The normalized spacial score (nSPS) is 21.4. The number of nitrogens with two attached hydrogens (primary N) is 1. The predicted octanol–water partition coefficient (Wildman–Crippen LogP) is 2.71. The van der Waals surface area contributed by atoms with E-state index in [1.54, 1.807) is 6.07 Å². The lowest BCUT2D eigenvalue weighted by Crippen LogP contribution is -2.12. The van der Waals surface area contributed by atoms with Crippen LogP contribution in [0.3, 0.4) is 0 Å². The van der Waals surface area contributed by atoms with E-state index in [4.69, 9.17) is 9.88 Å². The summed E-state index contributed by atoms with van der Waals surface area (Å²) in [5.41, 5.74) is 0.497. The highest BCUT2D eigenvalue weighted by molar-refractivity contribution is 7.89. The first kappa shape index (κ1) is 16.2. The van der Waals surface area contributed by atoms with Gasteiger partial charge < -0.3 is 4.74 Å². The number of ether oxygens (including phenoxy) is 1. The maximum Gasteiger partial charge on any atom is 0.239 e. The minimum Gasteiger partial charge on any atom is -0.478 e. The third-order valence-corrected chi connectivity index (χ3v) is 5.01. The monoisotopic (exact) mass is 312 g/mol. The van der Waals surface area contributed by atoms with E-state index >= 15 is 0 Å². The molecule has 1 aromatic rings. The standard InChI is InChI=1S/C15H24N2O3S/c1-15(2)8-7-12(10-15)4-3-9-20-14-6-5-13(11-17-14)21(16,18)19/h5-6,11-12H,3-4,7-10H2,1-2H3,(H2,16,18,19). The van der Waals surface area contributed by atoms with Gasteiger partial charge in [-0.15, -0.1) is 0 Å². The molecule has 1 aromatic heterocycles. The van der Waals surface area contributed by atoms with Crippen LogP contribution in [0.5, 0.6) is 5.88 Å². The second-order valence-corrected chi connectivity index (χ2v) is 8.20. The second kappa shape index (κ2) is 6.32. The van der Waals surface area contributed by atoms with Crippen molar-refractivity contribution in [2.45, 2.75) is 50.8 Å². The first-order chi connectivity index (χ1) is 9.76. The fraction of sp³-hybridized carbons (Fsp3) is 0.667. The first-order valence-electron chi connectivity index (χ1n) is 7.38. The van der Waals surface area contributed by atoms with Crippen molar-refractivity contribution in [3.05, 3.63) is 18.3 Å². The molecule has 1 saturated carbocycles. The van der Waals surface area contributed by atoms with Crippen LogP contribution in [0.4, 0.5) is 0 Å². The molecule has 2 N–H and O–H groups in total. The summed E-state index contributed by atoms with van der Waals surface area (Å²) in [7, 11) is -3.68. The first-order valence-corrected chi connectivity index (χ1v) is 8.93. The van der Waals surface area contributed by atoms with Crippen LogP contribution in [0.2, 0.25) is 0 Å². The zero-order valence-corrected chi connectivity index (χ0v) is 13.5. The van der Waals surface area contributed by atoms with Gasteiger partial charge in [0.2, 0.25) is 15.9 Å². The molecule has 0 bridgehead atoms. The van der Waals surface area contributed by atoms with Crippen LogP contribution in [-0.2, 0) is 10.0 Å². The summed E-state index contributed by atoms with van der Waals surface area (Å²) in [5, 5.41) is 5.01. The van der Waals surface area contributed by atoms with Crippen molar-refractivity contribution in [1.82, 2.24) is 4.98 Å². The highest BCUT2D eigenvalue weighted by atomic mass is 32.2. The minimum absolute atomic E-state index is 0.00281. The number of sulfonamides is 1. The molecule has 1 fully saturated rings. The Kier molecular flexibility index (Phi) is 4.88. The van der Waals surface area contributed by atoms with Crippen LogP contribution >= 0.6 is 0 Å². The van der Waals surface area contributed by atoms with Gasteiger partial charge >= 0.3 is 0 Å². The van der Waals surface area contributed by atoms with Gasteiger partial charge in [0.25, 0.3) is 0 Å². The Morgan fingerprint density at radius 3 is 2.71 bits per heavy atom. The van der Waals surface area contributed by atoms with Gasteiger partial charge in [-0.3, -0.25) is 0 Å². The number of hydrogen-bond donors (Lipinski definition) is 1. The van der Waals surface area contributed by atoms with Crippen LogP contribution < -0.4 is 9.88 Å². The molecule has 1 atom stereocenters. The van der Waals surface area contributed by atoms with Crippen LogP contribution in [0.1, 0.15) is 46.0 Å². The lowest BCUT2D eigenvalue weighted by molar-refractivity contribution is 0.276. The van der Waals surface area contributed by atoms with Crippen molar-refractivity contribution in [2.24, 2.45) is 16.5 Å². The Bertz CT molecular complexity index is 567. The molecule has 0 spiro atoms. The molecule has 0 aromatic carbocycles. The highest BCUT2D eigenvalue weighted by Gasteiger charge is 2.30. The summed E-state index contributed by atoms with van der Waals surface area (Å²) >= 11 is 0. The van der Waals surface area contributed by atoms with Gasteiger partial charge in [0.15, 0.2) is 0 Å². The van der Waals surface area contributed by atoms with Gasteiger partial charge in [0, 0.05) is 6.07 Å². The quantitative estimate of drug-likeness (QED) is 0.819. The molecule has 1 aliphatic carbocycles. The van der Waals surface area contributed by atoms with E-state index in [9.17, 15) is 8.42 Å². The molecule has 0 saturated heterocycles. The van der Waals surface area contributed by atoms with Gasteiger partial charge in [-0.25, -0.2) is 18.5 Å². The number of nitrogens with zero attached hydrogens (tertiary/aromatic N) is 1. The molecular formula is C15H24N2O3S. The summed E-state index contributed by atoms with van der Waals surface area (Å²) in [5.74, 6) is 1.25. The molecule has 0 aliphatic heterocycles. The molecule has 2 rings (SSSR count). The van der Waals surface area contributed by atoms with Crippen LogP contribution in [0.25, 0.3) is 0 Å². The van der Waals surface area contributed by atoms with Crippen molar-refractivity contribution >= 4 is 10.0 Å². The number of aromatic nitrogens is 1.